The van der Waals surface area contributed by atoms with Gasteiger partial charge in [-0.3, -0.25) is 4.79 Å². The van der Waals surface area contributed by atoms with Crippen molar-refractivity contribution in [1.29, 1.82) is 0 Å². The molecule has 0 heterocycles. The summed E-state index contributed by atoms with van der Waals surface area (Å²) in [6.45, 7) is 3.75. The summed E-state index contributed by atoms with van der Waals surface area (Å²) >= 11 is 24.0. The predicted molar refractivity (Wildman–Crippen MR) is 96.6 cm³/mol. The van der Waals surface area contributed by atoms with Gasteiger partial charge in [-0.2, -0.15) is 0 Å². The third kappa shape index (κ3) is 4.67. The van der Waals surface area contributed by atoms with Crippen molar-refractivity contribution in [1.82, 2.24) is 0 Å². The molecule has 0 unspecified atom stereocenters. The van der Waals surface area contributed by atoms with Crippen LogP contribution < -0.4 is 10.1 Å². The van der Waals surface area contributed by atoms with E-state index in [1.807, 2.05) is 13.8 Å². The van der Waals surface area contributed by atoms with Gasteiger partial charge in [0.2, 0.25) is 0 Å². The lowest BCUT2D eigenvalue weighted by Crippen LogP contribution is -2.13. The lowest BCUT2D eigenvalue weighted by atomic mass is 10.2. The normalized spacial score (nSPS) is 10.7. The summed E-state index contributed by atoms with van der Waals surface area (Å²) in [6.07, 6.45) is -0.0627. The van der Waals surface area contributed by atoms with Crippen molar-refractivity contribution in [2.45, 2.75) is 20.0 Å². The molecule has 2 aromatic rings. The van der Waals surface area contributed by atoms with E-state index in [9.17, 15) is 4.79 Å². The Balaban J connectivity index is 2.28. The van der Waals surface area contributed by atoms with E-state index < -0.39 is 0 Å². The Morgan fingerprint density at radius 3 is 2.26 bits per heavy atom. The minimum atomic E-state index is -0.372. The van der Waals surface area contributed by atoms with Crippen LogP contribution >= 0.6 is 46.4 Å². The number of carbonyl (C=O) groups excluding carboxylic acids is 1. The number of nitrogens with one attached hydrogen (secondary N) is 1. The number of hydrogen-bond acceptors (Lipinski definition) is 2. The van der Waals surface area contributed by atoms with Gasteiger partial charge < -0.3 is 10.1 Å². The maximum Gasteiger partial charge on any atom is 0.255 e. The van der Waals surface area contributed by atoms with E-state index in [4.69, 9.17) is 51.1 Å². The second-order valence-electron chi connectivity index (χ2n) is 5.01. The van der Waals surface area contributed by atoms with E-state index in [0.29, 0.717) is 37.1 Å². The molecule has 0 spiro atoms. The van der Waals surface area contributed by atoms with Crippen LogP contribution in [0.5, 0.6) is 5.75 Å². The number of hydrogen-bond donors (Lipinski definition) is 1. The Morgan fingerprint density at radius 2 is 1.65 bits per heavy atom. The summed E-state index contributed by atoms with van der Waals surface area (Å²) in [7, 11) is 0. The third-order valence-electron chi connectivity index (χ3n) is 2.81. The first-order chi connectivity index (χ1) is 10.8. The lowest BCUT2D eigenvalue weighted by Gasteiger charge is -2.14. The standard InChI is InChI=1S/C16H13Cl4NO2/c1-8(2)23-15-7-14(12(19)6-13(15)20)21-16(22)9-3-4-10(17)11(18)5-9/h3-8H,1-2H3,(H,21,22). The predicted octanol–water partition coefficient (Wildman–Crippen LogP) is 6.34. The summed E-state index contributed by atoms with van der Waals surface area (Å²) in [5, 5.41) is 4.05. The van der Waals surface area contributed by atoms with Crippen LogP contribution in [0.2, 0.25) is 20.1 Å². The van der Waals surface area contributed by atoms with Gasteiger partial charge in [0.1, 0.15) is 5.75 Å². The summed E-state index contributed by atoms with van der Waals surface area (Å²) in [5.74, 6) is 0.0683. The van der Waals surface area contributed by atoms with Crippen molar-refractivity contribution in [2.24, 2.45) is 0 Å². The molecule has 1 N–H and O–H groups in total. The number of halogens is 4. The van der Waals surface area contributed by atoms with Crippen LogP contribution in [0, 0.1) is 0 Å². The first kappa shape index (κ1) is 18.2. The van der Waals surface area contributed by atoms with Gasteiger partial charge in [-0.05, 0) is 38.1 Å². The molecular weight excluding hydrogens is 380 g/mol. The molecule has 122 valence electrons. The highest BCUT2D eigenvalue weighted by molar-refractivity contribution is 6.42. The van der Waals surface area contributed by atoms with Gasteiger partial charge in [-0.1, -0.05) is 46.4 Å². The maximum absolute atomic E-state index is 12.3. The maximum atomic E-state index is 12.3. The fourth-order valence-electron chi connectivity index (χ4n) is 1.80. The Morgan fingerprint density at radius 1 is 0.957 bits per heavy atom. The first-order valence-electron chi connectivity index (χ1n) is 6.70. The quantitative estimate of drug-likeness (QED) is 0.659. The molecule has 0 bridgehead atoms. The van der Waals surface area contributed by atoms with Crippen LogP contribution in [0.4, 0.5) is 5.69 Å². The van der Waals surface area contributed by atoms with Gasteiger partial charge >= 0.3 is 0 Å². The van der Waals surface area contributed by atoms with Gasteiger partial charge in [0.15, 0.2) is 0 Å². The third-order valence-corrected chi connectivity index (χ3v) is 4.16. The van der Waals surface area contributed by atoms with Crippen molar-refractivity contribution in [2.75, 3.05) is 5.32 Å². The number of benzene rings is 2. The minimum Gasteiger partial charge on any atom is -0.489 e. The highest BCUT2D eigenvalue weighted by Gasteiger charge is 2.14. The van der Waals surface area contributed by atoms with Crippen LogP contribution in [0.15, 0.2) is 30.3 Å². The summed E-state index contributed by atoms with van der Waals surface area (Å²) in [5.41, 5.74) is 0.750. The van der Waals surface area contributed by atoms with Crippen LogP contribution in [0.3, 0.4) is 0 Å². The van der Waals surface area contributed by atoms with Gasteiger partial charge in [-0.15, -0.1) is 0 Å². The van der Waals surface area contributed by atoms with Gasteiger partial charge in [0.05, 0.1) is 31.9 Å². The van der Waals surface area contributed by atoms with E-state index in [2.05, 4.69) is 5.32 Å². The lowest BCUT2D eigenvalue weighted by molar-refractivity contribution is 0.102. The topological polar surface area (TPSA) is 38.3 Å². The average molecular weight is 393 g/mol. The molecule has 1 amide bonds. The Kier molecular flexibility index (Phi) is 6.04. The molecule has 0 aromatic heterocycles. The Hall–Kier alpha value is -1.13. The number of carbonyl (C=O) groups is 1. The van der Waals surface area contributed by atoms with Crippen LogP contribution in [-0.2, 0) is 0 Å². The Labute approximate surface area is 154 Å². The smallest absolute Gasteiger partial charge is 0.255 e. The molecule has 3 nitrogen and oxygen atoms in total. The molecule has 0 radical (unpaired) electrons. The largest absolute Gasteiger partial charge is 0.489 e. The zero-order valence-corrected chi connectivity index (χ0v) is 15.3. The molecule has 2 rings (SSSR count). The monoisotopic (exact) mass is 391 g/mol. The van der Waals surface area contributed by atoms with Gasteiger partial charge in [-0.25, -0.2) is 0 Å². The van der Waals surface area contributed by atoms with E-state index in [-0.39, 0.29) is 12.0 Å². The van der Waals surface area contributed by atoms with Crippen molar-refractivity contribution in [3.8, 4) is 5.75 Å². The highest BCUT2D eigenvalue weighted by atomic mass is 35.5. The molecule has 7 heteroatoms. The van der Waals surface area contributed by atoms with Crippen molar-refractivity contribution in [3.05, 3.63) is 56.0 Å². The second-order valence-corrected chi connectivity index (χ2v) is 6.64. The van der Waals surface area contributed by atoms with Crippen LogP contribution in [0.25, 0.3) is 0 Å². The number of ether oxygens (including phenoxy) is 1. The zero-order valence-electron chi connectivity index (χ0n) is 12.3. The average Bonchev–Trinajstić information content (AvgIpc) is 2.46. The summed E-state index contributed by atoms with van der Waals surface area (Å²) < 4.78 is 5.58. The Bertz CT molecular complexity index is 747. The van der Waals surface area contributed by atoms with E-state index in [1.54, 1.807) is 18.2 Å². The fraction of sp³-hybridized carbons (Fsp3) is 0.188. The number of anilines is 1. The van der Waals surface area contributed by atoms with Crippen molar-refractivity contribution in [3.63, 3.8) is 0 Å². The first-order valence-corrected chi connectivity index (χ1v) is 8.21. The number of amides is 1. The molecule has 0 aliphatic carbocycles. The molecule has 0 saturated heterocycles. The van der Waals surface area contributed by atoms with Crippen molar-refractivity contribution < 1.29 is 9.53 Å². The fourth-order valence-corrected chi connectivity index (χ4v) is 2.57. The summed E-state index contributed by atoms with van der Waals surface area (Å²) in [4.78, 5) is 12.3. The molecular formula is C16H13Cl4NO2. The van der Waals surface area contributed by atoms with Crippen molar-refractivity contribution >= 4 is 58.0 Å². The van der Waals surface area contributed by atoms with Crippen LogP contribution in [0.1, 0.15) is 24.2 Å². The number of rotatable bonds is 4. The molecule has 0 aliphatic heterocycles. The molecule has 23 heavy (non-hydrogen) atoms. The van der Waals surface area contributed by atoms with Crippen LogP contribution in [-0.4, -0.2) is 12.0 Å². The van der Waals surface area contributed by atoms with E-state index >= 15 is 0 Å². The molecule has 0 atom stereocenters. The molecule has 0 aliphatic rings. The zero-order chi connectivity index (χ0) is 17.1. The van der Waals surface area contributed by atoms with Gasteiger partial charge in [0.25, 0.3) is 5.91 Å². The molecule has 0 fully saturated rings. The van der Waals surface area contributed by atoms with E-state index in [0.717, 1.165) is 0 Å². The summed E-state index contributed by atoms with van der Waals surface area (Å²) in [6, 6.07) is 7.70. The van der Waals surface area contributed by atoms with Gasteiger partial charge in [0, 0.05) is 11.6 Å². The second kappa shape index (κ2) is 7.63. The highest BCUT2D eigenvalue weighted by Crippen LogP contribution is 2.35. The minimum absolute atomic E-state index is 0.0627. The molecule has 0 saturated carbocycles. The van der Waals surface area contributed by atoms with E-state index in [1.165, 1.54) is 12.1 Å². The molecule has 2 aromatic carbocycles. The SMILES string of the molecule is CC(C)Oc1cc(NC(=O)c2ccc(Cl)c(Cl)c2)c(Cl)cc1Cl.